The van der Waals surface area contributed by atoms with E-state index in [1.165, 1.54) is 16.6 Å². The molecule has 3 aromatic rings. The molecule has 0 radical (unpaired) electrons. The monoisotopic (exact) mass is 359 g/mol. The lowest BCUT2D eigenvalue weighted by atomic mass is 10.1. The minimum Gasteiger partial charge on any atom is -0.491 e. The average Bonchev–Trinajstić information content (AvgIpc) is 2.91. The molecule has 132 valence electrons. The van der Waals surface area contributed by atoms with Gasteiger partial charge in [0.15, 0.2) is 11.0 Å². The quantitative estimate of drug-likeness (QED) is 0.682. The summed E-state index contributed by atoms with van der Waals surface area (Å²) < 4.78 is 9.96. The molecule has 3 rings (SSSR count). The first-order valence-electron chi connectivity index (χ1n) is 8.54. The van der Waals surface area contributed by atoms with Crippen LogP contribution in [0.2, 0.25) is 5.02 Å². The lowest BCUT2D eigenvalue weighted by Gasteiger charge is -2.11. The molecule has 0 aliphatic carbocycles. The Morgan fingerprint density at radius 3 is 2.52 bits per heavy atom. The van der Waals surface area contributed by atoms with Crippen molar-refractivity contribution in [2.24, 2.45) is 0 Å². The van der Waals surface area contributed by atoms with E-state index in [1.54, 1.807) is 24.3 Å². The van der Waals surface area contributed by atoms with E-state index in [-0.39, 0.29) is 6.61 Å². The number of imidazole rings is 1. The van der Waals surface area contributed by atoms with E-state index in [9.17, 15) is 5.11 Å². The number of aliphatic hydroxyl groups is 1. The van der Waals surface area contributed by atoms with Gasteiger partial charge in [0.05, 0.1) is 6.54 Å². The van der Waals surface area contributed by atoms with E-state index in [4.69, 9.17) is 16.3 Å². The van der Waals surface area contributed by atoms with Gasteiger partial charge in [-0.05, 0) is 68.3 Å². The smallest absolute Gasteiger partial charge is 0.244 e. The average molecular weight is 360 g/mol. The maximum absolute atomic E-state index is 10.4. The van der Waals surface area contributed by atoms with Crippen LogP contribution in [0.3, 0.4) is 0 Å². The van der Waals surface area contributed by atoms with Crippen LogP contribution in [0.25, 0.3) is 11.0 Å². The number of ether oxygens (including phenoxy) is 1. The van der Waals surface area contributed by atoms with Crippen LogP contribution in [0.4, 0.5) is 0 Å². The Hall–Kier alpha value is -2.04. The highest BCUT2D eigenvalue weighted by Crippen LogP contribution is 2.18. The largest absolute Gasteiger partial charge is 0.491 e. The van der Waals surface area contributed by atoms with E-state index in [0.29, 0.717) is 17.3 Å². The topological polar surface area (TPSA) is 38.3 Å². The Morgan fingerprint density at radius 2 is 1.84 bits per heavy atom. The third-order valence-corrected chi connectivity index (χ3v) is 4.74. The number of rotatable bonds is 6. The zero-order valence-electron chi connectivity index (χ0n) is 14.9. The predicted octanol–water partition coefficient (Wildman–Crippen LogP) is 3.66. The maximum atomic E-state index is 10.4. The van der Waals surface area contributed by atoms with Gasteiger partial charge in [0.25, 0.3) is 0 Å². The molecule has 0 saturated carbocycles. The fourth-order valence-corrected chi connectivity index (χ4v) is 3.06. The standard InChI is InChI=1S/C20H24ClN2O2/c1-4-22-13-23(20-10-15(3)14(2)9-19(20)22)11-17(24)12-25-18-7-5-16(21)6-8-18/h5-10,13,17,24H,4,11-12H2,1-3H3/q+1. The van der Waals surface area contributed by atoms with Crippen LogP contribution in [0, 0.1) is 13.8 Å². The highest BCUT2D eigenvalue weighted by Gasteiger charge is 2.19. The molecule has 1 aromatic heterocycles. The Balaban J connectivity index is 1.75. The van der Waals surface area contributed by atoms with Crippen molar-refractivity contribution in [2.45, 2.75) is 40.0 Å². The van der Waals surface area contributed by atoms with Crippen molar-refractivity contribution in [3.8, 4) is 5.75 Å². The molecule has 25 heavy (non-hydrogen) atoms. The second kappa shape index (κ2) is 7.46. The van der Waals surface area contributed by atoms with Crippen LogP contribution in [-0.4, -0.2) is 22.4 Å². The molecule has 4 nitrogen and oxygen atoms in total. The number of benzene rings is 2. The summed E-state index contributed by atoms with van der Waals surface area (Å²) in [6, 6.07) is 11.6. The Bertz CT molecular complexity index is 872. The summed E-state index contributed by atoms with van der Waals surface area (Å²) in [5, 5.41) is 11.1. The van der Waals surface area contributed by atoms with Crippen LogP contribution in [0.1, 0.15) is 18.1 Å². The fraction of sp³-hybridized carbons (Fsp3) is 0.350. The number of nitrogens with zero attached hydrogens (tertiary/aromatic N) is 2. The summed E-state index contributed by atoms with van der Waals surface area (Å²) in [7, 11) is 0. The van der Waals surface area contributed by atoms with Crippen LogP contribution in [0.15, 0.2) is 42.7 Å². The molecule has 0 spiro atoms. The minimum atomic E-state index is -0.599. The van der Waals surface area contributed by atoms with E-state index >= 15 is 0 Å². The highest BCUT2D eigenvalue weighted by molar-refractivity contribution is 6.30. The molecule has 0 amide bonds. The summed E-state index contributed by atoms with van der Waals surface area (Å²) in [5.74, 6) is 0.705. The summed E-state index contributed by atoms with van der Waals surface area (Å²) in [6.07, 6.45) is 1.47. The van der Waals surface area contributed by atoms with Gasteiger partial charge >= 0.3 is 0 Å². The molecule has 0 aliphatic rings. The summed E-state index contributed by atoms with van der Waals surface area (Å²) in [5.41, 5.74) is 4.85. The summed E-state index contributed by atoms with van der Waals surface area (Å²) >= 11 is 5.87. The van der Waals surface area contributed by atoms with Gasteiger partial charge in [-0.1, -0.05) is 11.6 Å². The van der Waals surface area contributed by atoms with Crippen molar-refractivity contribution in [1.82, 2.24) is 4.57 Å². The van der Waals surface area contributed by atoms with Crippen molar-refractivity contribution >= 4 is 22.6 Å². The SMILES string of the molecule is CCn1c[n+](CC(O)COc2ccc(Cl)cc2)c2cc(C)c(C)cc21. The molecular formula is C20H24ClN2O2+. The molecular weight excluding hydrogens is 336 g/mol. The number of halogens is 1. The van der Waals surface area contributed by atoms with Crippen molar-refractivity contribution in [3.63, 3.8) is 0 Å². The lowest BCUT2D eigenvalue weighted by molar-refractivity contribution is -0.679. The number of fused-ring (bicyclic) bond motifs is 1. The van der Waals surface area contributed by atoms with E-state index < -0.39 is 6.10 Å². The molecule has 1 heterocycles. The zero-order valence-corrected chi connectivity index (χ0v) is 15.6. The predicted molar refractivity (Wildman–Crippen MR) is 100 cm³/mol. The van der Waals surface area contributed by atoms with Gasteiger partial charge in [-0.25, -0.2) is 9.13 Å². The Labute approximate surface area is 153 Å². The number of hydrogen-bond acceptors (Lipinski definition) is 2. The van der Waals surface area contributed by atoms with E-state index in [1.807, 2.05) is 0 Å². The van der Waals surface area contributed by atoms with Crippen LogP contribution < -0.4 is 9.30 Å². The number of aliphatic hydroxyl groups excluding tert-OH is 1. The summed E-state index contributed by atoms with van der Waals surface area (Å²) in [6.45, 7) is 7.98. The first kappa shape index (κ1) is 17.8. The van der Waals surface area contributed by atoms with Crippen LogP contribution >= 0.6 is 11.6 Å². The van der Waals surface area contributed by atoms with Gasteiger partial charge < -0.3 is 9.84 Å². The third-order valence-electron chi connectivity index (χ3n) is 4.49. The minimum absolute atomic E-state index is 0.234. The van der Waals surface area contributed by atoms with Crippen LogP contribution in [-0.2, 0) is 13.1 Å². The maximum Gasteiger partial charge on any atom is 0.244 e. The van der Waals surface area contributed by atoms with E-state index in [0.717, 1.165) is 12.1 Å². The van der Waals surface area contributed by atoms with Gasteiger partial charge in [0.2, 0.25) is 6.33 Å². The summed E-state index contributed by atoms with van der Waals surface area (Å²) in [4.78, 5) is 0. The number of aryl methyl sites for hydroxylation is 3. The molecule has 0 saturated heterocycles. The molecule has 2 aromatic carbocycles. The molecule has 0 fully saturated rings. The van der Waals surface area contributed by atoms with Crippen molar-refractivity contribution in [2.75, 3.05) is 6.61 Å². The molecule has 0 aliphatic heterocycles. The van der Waals surface area contributed by atoms with Gasteiger partial charge in [-0.15, -0.1) is 0 Å². The fourth-order valence-electron chi connectivity index (χ4n) is 2.94. The third kappa shape index (κ3) is 3.97. The Kier molecular flexibility index (Phi) is 5.30. The molecule has 5 heteroatoms. The zero-order chi connectivity index (χ0) is 18.0. The van der Waals surface area contributed by atoms with E-state index in [2.05, 4.69) is 48.4 Å². The molecule has 1 unspecified atom stereocenters. The lowest BCUT2D eigenvalue weighted by Crippen LogP contribution is -2.41. The molecule has 1 N–H and O–H groups in total. The normalized spacial score (nSPS) is 12.5. The first-order chi connectivity index (χ1) is 12.0. The number of hydrogen-bond donors (Lipinski definition) is 1. The van der Waals surface area contributed by atoms with Crippen LogP contribution in [0.5, 0.6) is 5.75 Å². The van der Waals surface area contributed by atoms with Gasteiger partial charge in [-0.3, -0.25) is 0 Å². The van der Waals surface area contributed by atoms with Crippen molar-refractivity contribution in [3.05, 3.63) is 58.9 Å². The van der Waals surface area contributed by atoms with Gasteiger partial charge in [0, 0.05) is 5.02 Å². The first-order valence-corrected chi connectivity index (χ1v) is 8.91. The van der Waals surface area contributed by atoms with Crippen molar-refractivity contribution in [1.29, 1.82) is 0 Å². The molecule has 0 bridgehead atoms. The van der Waals surface area contributed by atoms with Gasteiger partial charge in [-0.2, -0.15) is 0 Å². The van der Waals surface area contributed by atoms with Gasteiger partial charge in [0.1, 0.15) is 25.0 Å². The van der Waals surface area contributed by atoms with Crippen molar-refractivity contribution < 1.29 is 14.4 Å². The second-order valence-electron chi connectivity index (χ2n) is 6.40. The molecule has 1 atom stereocenters. The second-order valence-corrected chi connectivity index (χ2v) is 6.83. The number of aromatic nitrogens is 2. The highest BCUT2D eigenvalue weighted by atomic mass is 35.5. The Morgan fingerprint density at radius 1 is 1.16 bits per heavy atom.